The van der Waals surface area contributed by atoms with Gasteiger partial charge in [0, 0.05) is 33.0 Å². The SMILES string of the molecule is CC(=O)NC(C)(C)C(=O)NC(CCC(=O)O)C(=O)NC(CC(C)C)C(=O)NC(C)(C)C(=O)N1CCCC1C(=O)NC(CO)C(=O)NC(C(=O)NC(C)(C)C(=O)N1CCCC1C(=O)NC(CC(C)C)C(=O)NC(CC(C)C)C(=O)NC(C)(C)C(=O)N1CCCC1C(=O)NC(C)(C)C(=O)O)C(C)C. The standard InChI is InChI=1S/C68H114N14O19/c1-35(2)31-41(51(88)70-43(33-37(5)6)54(91)77-66(14,15)61(98)82-30-22-25-47(82)57(94)78-68(18,19)63(100)101)71-55(92)45-23-20-28-80(45)62(99)67(16,17)79-58(95)49(38(7)8)74-52(89)44(34-83)72-56(93)46-24-21-29-81(46)60(97)65(12,13)76-53(90)42(32-36(3)4)69-50(87)40(26-27-48(85)86)73-59(96)64(10,11)75-39(9)84/h35-38,40-47,49,83H,20-34H2,1-19H3,(H,69,87)(H,70,88)(H,71,92)(H,72,93)(H,73,96)(H,74,89)(H,75,84)(H,76,90)(H,77,91)(H,78,94)(H,79,95)(H,85,86)(H,100,101). The minimum atomic E-state index is -1.75. The predicted octanol–water partition coefficient (Wildman–Crippen LogP) is -0.902. The summed E-state index contributed by atoms with van der Waals surface area (Å²) in [6.07, 6.45) is 0.925. The molecule has 570 valence electrons. The summed E-state index contributed by atoms with van der Waals surface area (Å²) in [6.45, 7) is 28.3. The average Bonchev–Trinajstić information content (AvgIpc) is 1.67. The molecule has 0 radical (unpaired) electrons. The van der Waals surface area contributed by atoms with E-state index in [4.69, 9.17) is 0 Å². The maximum atomic E-state index is 14.5. The van der Waals surface area contributed by atoms with E-state index in [1.54, 1.807) is 27.7 Å². The van der Waals surface area contributed by atoms with Gasteiger partial charge < -0.3 is 88.5 Å². The Bertz CT molecular complexity index is 3090. The Morgan fingerprint density at radius 2 is 0.743 bits per heavy atom. The summed E-state index contributed by atoms with van der Waals surface area (Å²) >= 11 is 0. The van der Waals surface area contributed by atoms with Crippen molar-refractivity contribution in [3.8, 4) is 0 Å². The zero-order valence-corrected chi connectivity index (χ0v) is 62.3. The highest BCUT2D eigenvalue weighted by molar-refractivity contribution is 6.02. The number of aliphatic carboxylic acids is 2. The molecule has 33 nitrogen and oxygen atoms in total. The van der Waals surface area contributed by atoms with Crippen molar-refractivity contribution in [2.24, 2.45) is 23.7 Å². The minimum absolute atomic E-state index is 0.0203. The van der Waals surface area contributed by atoms with Gasteiger partial charge in [0.1, 0.15) is 82.1 Å². The normalized spacial score (nSPS) is 18.5. The lowest BCUT2D eigenvalue weighted by atomic mass is 9.97. The molecular formula is C68H114N14O19. The third-order valence-corrected chi connectivity index (χ3v) is 17.7. The molecule has 0 aromatic carbocycles. The van der Waals surface area contributed by atoms with Crippen molar-refractivity contribution in [3.05, 3.63) is 0 Å². The maximum Gasteiger partial charge on any atom is 0.328 e. The van der Waals surface area contributed by atoms with Gasteiger partial charge in [0.25, 0.3) is 0 Å². The van der Waals surface area contributed by atoms with Crippen molar-refractivity contribution in [2.75, 3.05) is 26.2 Å². The topological polar surface area (TPSA) is 476 Å². The number of amides is 14. The molecule has 0 saturated carbocycles. The number of hydrogen-bond donors (Lipinski definition) is 14. The van der Waals surface area contributed by atoms with Gasteiger partial charge in [-0.25, -0.2) is 4.79 Å². The molecule has 14 amide bonds. The Labute approximate surface area is 591 Å². The van der Waals surface area contributed by atoms with Crippen molar-refractivity contribution in [3.63, 3.8) is 0 Å². The quantitative estimate of drug-likeness (QED) is 0.0361. The molecule has 0 bridgehead atoms. The molecule has 0 aliphatic carbocycles. The number of carboxylic acid groups (broad SMARTS) is 2. The van der Waals surface area contributed by atoms with Crippen molar-refractivity contribution < 1.29 is 92.0 Å². The zero-order chi connectivity index (χ0) is 77.4. The van der Waals surface area contributed by atoms with E-state index in [-0.39, 0.29) is 82.3 Å². The molecule has 9 unspecified atom stereocenters. The number of likely N-dealkylation sites (tertiary alicyclic amines) is 3. The molecule has 3 aliphatic rings. The number of hydrogen-bond acceptors (Lipinski definition) is 17. The molecule has 14 N–H and O–H groups in total. The van der Waals surface area contributed by atoms with Crippen LogP contribution < -0.4 is 58.5 Å². The first kappa shape index (κ1) is 86.7. The molecule has 0 aromatic rings. The lowest BCUT2D eigenvalue weighted by molar-refractivity contribution is -0.149. The lowest BCUT2D eigenvalue weighted by Gasteiger charge is -2.36. The highest BCUT2D eigenvalue weighted by Gasteiger charge is 2.48. The van der Waals surface area contributed by atoms with Gasteiger partial charge >= 0.3 is 11.9 Å². The summed E-state index contributed by atoms with van der Waals surface area (Å²) < 4.78 is 0. The van der Waals surface area contributed by atoms with E-state index in [0.717, 1.165) is 0 Å². The van der Waals surface area contributed by atoms with Crippen LogP contribution in [0.2, 0.25) is 0 Å². The number of carbonyl (C=O) groups is 16. The fraction of sp³-hybridized carbons (Fsp3) is 0.765. The zero-order valence-electron chi connectivity index (χ0n) is 62.3. The molecule has 3 saturated heterocycles. The Balaban J connectivity index is 1.74. The van der Waals surface area contributed by atoms with Gasteiger partial charge in [-0.15, -0.1) is 0 Å². The summed E-state index contributed by atoms with van der Waals surface area (Å²) in [6, 6.07) is -11.6. The molecule has 3 heterocycles. The first-order valence-corrected chi connectivity index (χ1v) is 34.8. The Hall–Kier alpha value is -8.52. The van der Waals surface area contributed by atoms with Crippen LogP contribution in [-0.4, -0.2) is 233 Å². The van der Waals surface area contributed by atoms with Gasteiger partial charge in [-0.2, -0.15) is 0 Å². The second kappa shape index (κ2) is 36.4. The van der Waals surface area contributed by atoms with Gasteiger partial charge in [0.15, 0.2) is 0 Å². The largest absolute Gasteiger partial charge is 0.481 e. The van der Waals surface area contributed by atoms with Crippen LogP contribution in [-0.2, 0) is 76.7 Å². The van der Waals surface area contributed by atoms with Crippen LogP contribution in [0, 0.1) is 23.7 Å². The van der Waals surface area contributed by atoms with Crippen molar-refractivity contribution >= 4 is 94.6 Å². The van der Waals surface area contributed by atoms with E-state index in [1.807, 2.05) is 27.7 Å². The monoisotopic (exact) mass is 1430 g/mol. The molecule has 101 heavy (non-hydrogen) atoms. The number of nitrogens with zero attached hydrogens (tertiary/aromatic N) is 3. The van der Waals surface area contributed by atoms with Gasteiger partial charge in [-0.3, -0.25) is 71.9 Å². The van der Waals surface area contributed by atoms with Crippen molar-refractivity contribution in [2.45, 2.75) is 284 Å². The van der Waals surface area contributed by atoms with Gasteiger partial charge in [-0.05, 0) is 157 Å². The molecule has 33 heteroatoms. The Kier molecular flexibility index (Phi) is 31.2. The average molecular weight is 1430 g/mol. The fourth-order valence-electron chi connectivity index (χ4n) is 12.2. The van der Waals surface area contributed by atoms with Crippen LogP contribution >= 0.6 is 0 Å². The van der Waals surface area contributed by atoms with E-state index in [1.165, 1.54) is 90.9 Å². The summed E-state index contributed by atoms with van der Waals surface area (Å²) in [4.78, 5) is 221. The van der Waals surface area contributed by atoms with Crippen LogP contribution in [0.15, 0.2) is 0 Å². The lowest BCUT2D eigenvalue weighted by Crippen LogP contribution is -2.64. The summed E-state index contributed by atoms with van der Waals surface area (Å²) in [5.41, 5.74) is -8.24. The van der Waals surface area contributed by atoms with Crippen LogP contribution in [0.3, 0.4) is 0 Å². The third-order valence-electron chi connectivity index (χ3n) is 17.7. The smallest absolute Gasteiger partial charge is 0.328 e. The maximum absolute atomic E-state index is 14.5. The number of carbonyl (C=O) groups excluding carboxylic acids is 14. The van der Waals surface area contributed by atoms with Crippen molar-refractivity contribution in [1.82, 2.24) is 73.2 Å². The number of rotatable bonds is 36. The Morgan fingerprint density at radius 1 is 0.396 bits per heavy atom. The summed E-state index contributed by atoms with van der Waals surface area (Å²) in [5, 5.41) is 58.1. The fourth-order valence-corrected chi connectivity index (χ4v) is 12.2. The van der Waals surface area contributed by atoms with E-state index >= 15 is 0 Å². The number of carboxylic acids is 2. The minimum Gasteiger partial charge on any atom is -0.481 e. The van der Waals surface area contributed by atoms with Gasteiger partial charge in [-0.1, -0.05) is 55.4 Å². The molecule has 3 rings (SSSR count). The second-order valence-corrected chi connectivity index (χ2v) is 31.0. The number of aliphatic hydroxyl groups excluding tert-OH is 1. The molecule has 3 fully saturated rings. The van der Waals surface area contributed by atoms with Crippen molar-refractivity contribution in [1.29, 1.82) is 0 Å². The summed E-state index contributed by atoms with van der Waals surface area (Å²) in [5.74, 6) is -14.4. The molecular weight excluding hydrogens is 1320 g/mol. The molecule has 3 aliphatic heterocycles. The third kappa shape index (κ3) is 24.9. The first-order chi connectivity index (χ1) is 46.4. The molecule has 9 atom stereocenters. The van der Waals surface area contributed by atoms with E-state index < -0.39 is 196 Å². The molecule has 0 aromatic heterocycles. The highest BCUT2D eigenvalue weighted by atomic mass is 16.4. The van der Waals surface area contributed by atoms with Crippen LogP contribution in [0.5, 0.6) is 0 Å². The van der Waals surface area contributed by atoms with Gasteiger partial charge in [0.2, 0.25) is 82.7 Å². The van der Waals surface area contributed by atoms with E-state index in [2.05, 4.69) is 58.5 Å². The van der Waals surface area contributed by atoms with Crippen LogP contribution in [0.4, 0.5) is 0 Å². The van der Waals surface area contributed by atoms with Crippen LogP contribution in [0.1, 0.15) is 202 Å². The van der Waals surface area contributed by atoms with Crippen LogP contribution in [0.25, 0.3) is 0 Å². The second-order valence-electron chi connectivity index (χ2n) is 31.0. The number of nitrogens with one attached hydrogen (secondary N) is 11. The number of aliphatic hydroxyl groups is 1. The predicted molar refractivity (Wildman–Crippen MR) is 367 cm³/mol. The highest BCUT2D eigenvalue weighted by Crippen LogP contribution is 2.27. The Morgan fingerprint density at radius 3 is 1.09 bits per heavy atom. The molecule has 0 spiro atoms. The summed E-state index contributed by atoms with van der Waals surface area (Å²) in [7, 11) is 0. The first-order valence-electron chi connectivity index (χ1n) is 34.8. The van der Waals surface area contributed by atoms with E-state index in [0.29, 0.717) is 19.3 Å². The van der Waals surface area contributed by atoms with E-state index in [9.17, 15) is 92.0 Å². The van der Waals surface area contributed by atoms with Gasteiger partial charge in [0.05, 0.1) is 6.61 Å².